The van der Waals surface area contributed by atoms with Crippen molar-refractivity contribution >= 4 is 5.91 Å². The van der Waals surface area contributed by atoms with Gasteiger partial charge < -0.3 is 10.6 Å². The first-order chi connectivity index (χ1) is 9.40. The first kappa shape index (κ1) is 14.8. The lowest BCUT2D eigenvalue weighted by molar-refractivity contribution is -0.137. The summed E-state index contributed by atoms with van der Waals surface area (Å²) in [7, 11) is 0. The third kappa shape index (κ3) is 3.27. The highest BCUT2D eigenvalue weighted by molar-refractivity contribution is 5.82. The first-order valence-corrected chi connectivity index (χ1v) is 6.14. The Kier molecular flexibility index (Phi) is 4.27. The van der Waals surface area contributed by atoms with Crippen LogP contribution in [0.5, 0.6) is 0 Å². The molecule has 1 amide bonds. The average Bonchev–Trinajstić information content (AvgIpc) is 2.44. The van der Waals surface area contributed by atoms with Gasteiger partial charge in [-0.05, 0) is 17.5 Å². The van der Waals surface area contributed by atoms with Gasteiger partial charge in [0.25, 0.3) is 0 Å². The van der Waals surface area contributed by atoms with E-state index >= 15 is 0 Å². The molecule has 1 aliphatic rings. The van der Waals surface area contributed by atoms with Crippen LogP contribution in [0.1, 0.15) is 11.1 Å². The van der Waals surface area contributed by atoms with Gasteiger partial charge >= 0.3 is 12.3 Å². The molecule has 0 spiro atoms. The minimum absolute atomic E-state index is 0.349. The van der Waals surface area contributed by atoms with Gasteiger partial charge in [0.1, 0.15) is 0 Å². The lowest BCUT2D eigenvalue weighted by Crippen LogP contribution is -2.51. The maximum absolute atomic E-state index is 12.7. The van der Waals surface area contributed by atoms with Crippen molar-refractivity contribution in [3.63, 3.8) is 0 Å². The van der Waals surface area contributed by atoms with Crippen molar-refractivity contribution in [2.75, 3.05) is 6.54 Å². The molecule has 0 radical (unpaired) electrons. The second kappa shape index (κ2) is 5.78. The molecule has 20 heavy (non-hydrogen) atoms. The fourth-order valence-corrected chi connectivity index (χ4v) is 2.05. The normalized spacial score (nSPS) is 18.8. The Balaban J connectivity index is 1.92. The fraction of sp³-hybridized carbons (Fsp3) is 0.462. The van der Waals surface area contributed by atoms with Gasteiger partial charge in [-0.1, -0.05) is 24.3 Å². The Hall–Kier alpha value is -1.63. The molecule has 0 bridgehead atoms. The number of halogens is 4. The molecule has 0 aromatic heterocycles. The number of rotatable bonds is 4. The Labute approximate surface area is 113 Å². The molecule has 2 rings (SSSR count). The van der Waals surface area contributed by atoms with Gasteiger partial charge in [-0.2, -0.15) is 8.78 Å². The molecule has 1 heterocycles. The van der Waals surface area contributed by atoms with E-state index in [9.17, 15) is 22.4 Å². The van der Waals surface area contributed by atoms with Crippen molar-refractivity contribution in [3.05, 3.63) is 35.4 Å². The number of hydrogen-bond donors (Lipinski definition) is 2. The highest BCUT2D eigenvalue weighted by Crippen LogP contribution is 2.22. The summed E-state index contributed by atoms with van der Waals surface area (Å²) in [5.74, 6) is -4.90. The van der Waals surface area contributed by atoms with Crippen molar-refractivity contribution < 1.29 is 22.4 Å². The fourth-order valence-electron chi connectivity index (χ4n) is 2.05. The molecular weight excluding hydrogens is 276 g/mol. The molecule has 110 valence electrons. The number of amides is 1. The van der Waals surface area contributed by atoms with Crippen molar-refractivity contribution in [1.82, 2.24) is 10.6 Å². The van der Waals surface area contributed by atoms with Crippen LogP contribution in [0.4, 0.5) is 17.6 Å². The van der Waals surface area contributed by atoms with Crippen LogP contribution < -0.4 is 10.6 Å². The second-order valence-electron chi connectivity index (χ2n) is 4.69. The molecule has 3 nitrogen and oxygen atoms in total. The van der Waals surface area contributed by atoms with E-state index in [1.165, 1.54) is 0 Å². The van der Waals surface area contributed by atoms with Gasteiger partial charge in [0, 0.05) is 6.54 Å². The van der Waals surface area contributed by atoms with E-state index in [2.05, 4.69) is 5.32 Å². The molecule has 2 N–H and O–H groups in total. The van der Waals surface area contributed by atoms with Crippen LogP contribution in [0.2, 0.25) is 0 Å². The molecule has 1 aromatic rings. The zero-order valence-electron chi connectivity index (χ0n) is 10.5. The predicted octanol–water partition coefficient (Wildman–Crippen LogP) is 1.72. The van der Waals surface area contributed by atoms with Gasteiger partial charge in [-0.3, -0.25) is 4.79 Å². The van der Waals surface area contributed by atoms with Crippen LogP contribution in [-0.4, -0.2) is 30.8 Å². The Morgan fingerprint density at radius 3 is 2.65 bits per heavy atom. The smallest absolute Gasteiger partial charge is 0.324 e. The number of carbonyl (C=O) groups excluding carboxylic acids is 1. The van der Waals surface area contributed by atoms with E-state index < -0.39 is 30.8 Å². The van der Waals surface area contributed by atoms with Crippen LogP contribution in [-0.2, 0) is 17.8 Å². The van der Waals surface area contributed by atoms with Gasteiger partial charge in [-0.15, -0.1) is 0 Å². The van der Waals surface area contributed by atoms with Crippen LogP contribution in [0, 0.1) is 0 Å². The van der Waals surface area contributed by atoms with Gasteiger partial charge in [-0.25, -0.2) is 8.78 Å². The number of fused-ring (bicyclic) bond motifs is 1. The van der Waals surface area contributed by atoms with Crippen LogP contribution in [0.3, 0.4) is 0 Å². The molecular formula is C13H14F4N2O. The average molecular weight is 290 g/mol. The van der Waals surface area contributed by atoms with E-state index in [0.29, 0.717) is 13.0 Å². The summed E-state index contributed by atoms with van der Waals surface area (Å²) in [4.78, 5) is 11.7. The number of nitrogens with one attached hydrogen (secondary N) is 2. The van der Waals surface area contributed by atoms with Crippen LogP contribution in [0.15, 0.2) is 24.3 Å². The highest BCUT2D eigenvalue weighted by Gasteiger charge is 2.41. The Bertz CT molecular complexity index is 493. The molecule has 0 saturated carbocycles. The largest absolute Gasteiger partial charge is 0.348 e. The number of alkyl halides is 4. The molecule has 0 fully saturated rings. The third-order valence-corrected chi connectivity index (χ3v) is 3.22. The number of benzene rings is 1. The highest BCUT2D eigenvalue weighted by atomic mass is 19.3. The lowest BCUT2D eigenvalue weighted by atomic mass is 9.95. The monoisotopic (exact) mass is 290 g/mol. The summed E-state index contributed by atoms with van der Waals surface area (Å²) in [6, 6.07) is 6.76. The van der Waals surface area contributed by atoms with Crippen LogP contribution in [0.25, 0.3) is 0 Å². The summed E-state index contributed by atoms with van der Waals surface area (Å²) in [5, 5.41) is 4.77. The summed E-state index contributed by atoms with van der Waals surface area (Å²) >= 11 is 0. The summed E-state index contributed by atoms with van der Waals surface area (Å²) in [6.45, 7) is -0.914. The van der Waals surface area contributed by atoms with Crippen LogP contribution >= 0.6 is 0 Å². The van der Waals surface area contributed by atoms with Gasteiger partial charge in [0.2, 0.25) is 5.91 Å². The van der Waals surface area contributed by atoms with E-state index in [1.807, 2.05) is 29.6 Å². The summed E-state index contributed by atoms with van der Waals surface area (Å²) in [5.41, 5.74) is 1.99. The maximum atomic E-state index is 12.7. The summed E-state index contributed by atoms with van der Waals surface area (Å²) in [6.07, 6.45) is -3.44. The van der Waals surface area contributed by atoms with Gasteiger partial charge in [0.15, 0.2) is 0 Å². The number of hydrogen-bond acceptors (Lipinski definition) is 2. The quantitative estimate of drug-likeness (QED) is 0.829. The maximum Gasteiger partial charge on any atom is 0.324 e. The zero-order chi connectivity index (χ0) is 14.8. The molecule has 1 atom stereocenters. The number of carbonyl (C=O) groups is 1. The van der Waals surface area contributed by atoms with Crippen molar-refractivity contribution in [3.8, 4) is 0 Å². The Morgan fingerprint density at radius 1 is 1.35 bits per heavy atom. The SMILES string of the molecule is O=C(NCC(F)(F)C(F)F)C1Cc2ccccc2CN1. The zero-order valence-corrected chi connectivity index (χ0v) is 10.5. The molecule has 0 aliphatic carbocycles. The van der Waals surface area contributed by atoms with Crippen molar-refractivity contribution in [1.29, 1.82) is 0 Å². The summed E-state index contributed by atoms with van der Waals surface area (Å²) < 4.78 is 49.4. The molecule has 1 unspecified atom stereocenters. The molecule has 7 heteroatoms. The molecule has 1 aliphatic heterocycles. The standard InChI is InChI=1S/C13H14F4N2O/c14-12(15)13(16,17)7-19-11(20)10-5-8-3-1-2-4-9(8)6-18-10/h1-4,10,12,18H,5-7H2,(H,19,20). The predicted molar refractivity (Wildman–Crippen MR) is 64.7 cm³/mol. The van der Waals surface area contributed by atoms with E-state index in [1.54, 1.807) is 0 Å². The van der Waals surface area contributed by atoms with Crippen molar-refractivity contribution in [2.45, 2.75) is 31.4 Å². The first-order valence-electron chi connectivity index (χ1n) is 6.14. The van der Waals surface area contributed by atoms with E-state index in [-0.39, 0.29) is 0 Å². The lowest BCUT2D eigenvalue weighted by Gasteiger charge is -2.26. The van der Waals surface area contributed by atoms with E-state index in [4.69, 9.17) is 0 Å². The van der Waals surface area contributed by atoms with E-state index in [0.717, 1.165) is 11.1 Å². The Morgan fingerprint density at radius 2 is 2.00 bits per heavy atom. The minimum Gasteiger partial charge on any atom is -0.348 e. The second-order valence-corrected chi connectivity index (χ2v) is 4.69. The molecule has 0 saturated heterocycles. The van der Waals surface area contributed by atoms with Gasteiger partial charge in [0.05, 0.1) is 12.6 Å². The third-order valence-electron chi connectivity index (χ3n) is 3.22. The molecule has 1 aromatic carbocycles. The minimum atomic E-state index is -4.21. The topological polar surface area (TPSA) is 41.1 Å². The van der Waals surface area contributed by atoms with Crippen molar-refractivity contribution in [2.24, 2.45) is 0 Å².